The van der Waals surface area contributed by atoms with E-state index in [9.17, 15) is 9.59 Å². The maximum Gasteiger partial charge on any atom is 0.270 e. The number of piperazine rings is 1. The molecule has 27 heavy (non-hydrogen) atoms. The zero-order chi connectivity index (χ0) is 19.0. The molecule has 0 spiro atoms. The highest BCUT2D eigenvalue weighted by Crippen LogP contribution is 2.21. The van der Waals surface area contributed by atoms with Crippen molar-refractivity contribution in [1.29, 1.82) is 0 Å². The molecule has 1 amide bonds. The van der Waals surface area contributed by atoms with Crippen molar-refractivity contribution in [2.45, 2.75) is 0 Å². The van der Waals surface area contributed by atoms with Gasteiger partial charge in [0.2, 0.25) is 5.95 Å². The van der Waals surface area contributed by atoms with Gasteiger partial charge in [0.1, 0.15) is 4.70 Å². The molecule has 3 heterocycles. The molecule has 1 aromatic carbocycles. The number of amides is 1. The molecule has 1 aliphatic rings. The average Bonchev–Trinajstić information content (AvgIpc) is 3.17. The van der Waals surface area contributed by atoms with Crippen LogP contribution in [0.3, 0.4) is 0 Å². The summed E-state index contributed by atoms with van der Waals surface area (Å²) in [5.74, 6) is 0.641. The Balaban J connectivity index is 1.45. The molecule has 0 unspecified atom stereocenters. The normalized spacial score (nSPS) is 14.6. The number of thiophene rings is 1. The van der Waals surface area contributed by atoms with E-state index < -0.39 is 0 Å². The summed E-state index contributed by atoms with van der Waals surface area (Å²) in [6, 6.07) is 9.60. The van der Waals surface area contributed by atoms with Crippen LogP contribution in [0.5, 0.6) is 0 Å². The molecule has 2 aromatic heterocycles. The summed E-state index contributed by atoms with van der Waals surface area (Å²) >= 11 is 1.41. The fourth-order valence-corrected chi connectivity index (χ4v) is 3.99. The van der Waals surface area contributed by atoms with Crippen molar-refractivity contribution >= 4 is 39.1 Å². The summed E-state index contributed by atoms with van der Waals surface area (Å²) in [4.78, 5) is 37.6. The average molecular weight is 383 g/mol. The fraction of sp³-hybridized carbons (Fsp3) is 0.316. The number of hydrogen-bond donors (Lipinski definition) is 1. The van der Waals surface area contributed by atoms with E-state index in [1.165, 1.54) is 11.3 Å². The third kappa shape index (κ3) is 3.40. The van der Waals surface area contributed by atoms with Crippen LogP contribution in [0.2, 0.25) is 0 Å². The second kappa shape index (κ2) is 7.03. The smallest absolute Gasteiger partial charge is 0.270 e. The second-order valence-corrected chi connectivity index (χ2v) is 7.66. The number of hydrogen-bond acceptors (Lipinski definition) is 6. The number of aromatic nitrogens is 2. The van der Waals surface area contributed by atoms with Gasteiger partial charge in [0.25, 0.3) is 11.5 Å². The monoisotopic (exact) mass is 383 g/mol. The minimum atomic E-state index is -0.0754. The van der Waals surface area contributed by atoms with E-state index >= 15 is 0 Å². The molecule has 1 saturated heterocycles. The Hall–Kier alpha value is -2.87. The van der Waals surface area contributed by atoms with E-state index in [1.54, 1.807) is 19.0 Å². The van der Waals surface area contributed by atoms with Crippen molar-refractivity contribution in [3.05, 3.63) is 51.6 Å². The number of H-pyrrole nitrogens is 1. The lowest BCUT2D eigenvalue weighted by Crippen LogP contribution is -2.47. The molecule has 140 valence electrons. The van der Waals surface area contributed by atoms with Gasteiger partial charge in [-0.2, -0.15) is 0 Å². The Morgan fingerprint density at radius 2 is 1.74 bits per heavy atom. The first kappa shape index (κ1) is 17.5. The Morgan fingerprint density at radius 1 is 1.07 bits per heavy atom. The van der Waals surface area contributed by atoms with E-state index in [0.29, 0.717) is 16.2 Å². The number of carbonyl (C=O) groups is 1. The number of anilines is 2. The summed E-state index contributed by atoms with van der Waals surface area (Å²) in [6.07, 6.45) is 0. The van der Waals surface area contributed by atoms with Gasteiger partial charge < -0.3 is 14.7 Å². The number of rotatable bonds is 3. The summed E-state index contributed by atoms with van der Waals surface area (Å²) < 4.78 is 0.671. The van der Waals surface area contributed by atoms with Crippen LogP contribution in [-0.4, -0.2) is 61.0 Å². The van der Waals surface area contributed by atoms with Crippen LogP contribution in [0.15, 0.2) is 40.5 Å². The Bertz CT molecular complexity index is 1020. The van der Waals surface area contributed by atoms with E-state index in [-0.39, 0.29) is 11.5 Å². The number of fused-ring (bicyclic) bond motifs is 1. The third-order valence-electron chi connectivity index (χ3n) is 4.77. The maximum absolute atomic E-state index is 12.2. The molecule has 1 fully saturated rings. The molecule has 0 radical (unpaired) electrons. The highest BCUT2D eigenvalue weighted by atomic mass is 32.1. The highest BCUT2D eigenvalue weighted by molar-refractivity contribution is 7.17. The minimum Gasteiger partial charge on any atom is -0.368 e. The Morgan fingerprint density at radius 3 is 2.41 bits per heavy atom. The van der Waals surface area contributed by atoms with E-state index in [1.807, 2.05) is 35.7 Å². The van der Waals surface area contributed by atoms with Crippen LogP contribution in [-0.2, 0) is 0 Å². The van der Waals surface area contributed by atoms with Crippen molar-refractivity contribution in [3.8, 4) is 0 Å². The van der Waals surface area contributed by atoms with E-state index in [4.69, 9.17) is 0 Å². The van der Waals surface area contributed by atoms with Crippen molar-refractivity contribution < 1.29 is 4.79 Å². The molecule has 3 aromatic rings. The van der Waals surface area contributed by atoms with Crippen LogP contribution < -0.4 is 15.4 Å². The van der Waals surface area contributed by atoms with E-state index in [0.717, 1.165) is 37.4 Å². The first-order valence-electron chi connectivity index (χ1n) is 8.82. The van der Waals surface area contributed by atoms with Crippen molar-refractivity contribution in [1.82, 2.24) is 14.9 Å². The van der Waals surface area contributed by atoms with Gasteiger partial charge in [-0.3, -0.25) is 14.6 Å². The molecule has 7 nitrogen and oxygen atoms in total. The summed E-state index contributed by atoms with van der Waals surface area (Å²) in [6.45, 7) is 3.20. The maximum atomic E-state index is 12.2. The zero-order valence-electron chi connectivity index (χ0n) is 15.3. The van der Waals surface area contributed by atoms with Crippen LogP contribution in [0.25, 0.3) is 10.2 Å². The molecule has 0 bridgehead atoms. The van der Waals surface area contributed by atoms with Crippen LogP contribution in [0, 0.1) is 0 Å². The summed E-state index contributed by atoms with van der Waals surface area (Å²) in [5.41, 5.74) is 2.46. The first-order chi connectivity index (χ1) is 13.0. The molecular weight excluding hydrogens is 362 g/mol. The molecule has 0 aliphatic carbocycles. The lowest BCUT2D eigenvalue weighted by atomic mass is 10.1. The fourth-order valence-electron chi connectivity index (χ4n) is 3.26. The molecule has 4 rings (SSSR count). The van der Waals surface area contributed by atoms with Gasteiger partial charge >= 0.3 is 0 Å². The van der Waals surface area contributed by atoms with Gasteiger partial charge in [-0.25, -0.2) is 4.98 Å². The molecule has 0 saturated carbocycles. The van der Waals surface area contributed by atoms with Crippen molar-refractivity contribution in [2.24, 2.45) is 0 Å². The Labute approximate surface area is 160 Å². The number of nitrogens with zero attached hydrogens (tertiary/aromatic N) is 4. The quantitative estimate of drug-likeness (QED) is 0.749. The van der Waals surface area contributed by atoms with Gasteiger partial charge in [0.15, 0.2) is 0 Å². The number of nitrogens with one attached hydrogen (secondary N) is 1. The van der Waals surface area contributed by atoms with Gasteiger partial charge in [0.05, 0.1) is 5.52 Å². The van der Waals surface area contributed by atoms with Gasteiger partial charge in [0, 0.05) is 51.5 Å². The molecular formula is C19H21N5O2S. The lowest BCUT2D eigenvalue weighted by molar-refractivity contribution is 0.0827. The first-order valence-corrected chi connectivity index (χ1v) is 9.70. The molecule has 8 heteroatoms. The van der Waals surface area contributed by atoms with Gasteiger partial charge in [-0.1, -0.05) is 0 Å². The Kier molecular flexibility index (Phi) is 4.57. The van der Waals surface area contributed by atoms with Crippen molar-refractivity contribution in [3.63, 3.8) is 0 Å². The zero-order valence-corrected chi connectivity index (χ0v) is 16.1. The topological polar surface area (TPSA) is 72.5 Å². The summed E-state index contributed by atoms with van der Waals surface area (Å²) in [7, 11) is 3.50. The minimum absolute atomic E-state index is 0.00483. The second-order valence-electron chi connectivity index (χ2n) is 6.75. The van der Waals surface area contributed by atoms with Crippen LogP contribution >= 0.6 is 11.3 Å². The molecule has 1 aliphatic heterocycles. The molecule has 1 N–H and O–H groups in total. The standard InChI is InChI=1S/C19H21N5O2S/c1-22(2)18(26)13-3-5-14(6-4-13)23-8-10-24(11-9-23)19-20-15-7-12-27-16(15)17(25)21-19/h3-7,12H,8-11H2,1-2H3,(H,20,21,25). The largest absolute Gasteiger partial charge is 0.368 e. The van der Waals surface area contributed by atoms with Gasteiger partial charge in [-0.15, -0.1) is 11.3 Å². The highest BCUT2D eigenvalue weighted by Gasteiger charge is 2.20. The number of benzene rings is 1. The van der Waals surface area contributed by atoms with E-state index in [2.05, 4.69) is 19.8 Å². The SMILES string of the molecule is CN(C)C(=O)c1ccc(N2CCN(c3nc4ccsc4c(=O)[nH]3)CC2)cc1. The van der Waals surface area contributed by atoms with Crippen LogP contribution in [0.4, 0.5) is 11.6 Å². The summed E-state index contributed by atoms with van der Waals surface area (Å²) in [5, 5.41) is 1.89. The predicted molar refractivity (Wildman–Crippen MR) is 109 cm³/mol. The van der Waals surface area contributed by atoms with Crippen LogP contribution in [0.1, 0.15) is 10.4 Å². The lowest BCUT2D eigenvalue weighted by Gasteiger charge is -2.36. The number of carbonyl (C=O) groups excluding carboxylic acids is 1. The van der Waals surface area contributed by atoms with Crippen molar-refractivity contribution in [2.75, 3.05) is 50.1 Å². The number of aromatic amines is 1. The predicted octanol–water partition coefficient (Wildman–Crippen LogP) is 2.01. The molecule has 0 atom stereocenters. The van der Waals surface area contributed by atoms with Gasteiger partial charge in [-0.05, 0) is 35.7 Å². The third-order valence-corrected chi connectivity index (χ3v) is 5.67.